The molecule has 2 rings (SSSR count). The Morgan fingerprint density at radius 2 is 2.00 bits per heavy atom. The minimum absolute atomic E-state index is 0.402. The van der Waals surface area contributed by atoms with Gasteiger partial charge in [0.1, 0.15) is 5.82 Å². The molecule has 0 atom stereocenters. The molecule has 5 nitrogen and oxygen atoms in total. The summed E-state index contributed by atoms with van der Waals surface area (Å²) in [5.41, 5.74) is 13.3. The van der Waals surface area contributed by atoms with Crippen LogP contribution in [0, 0.1) is 0 Å². The van der Waals surface area contributed by atoms with Crippen molar-refractivity contribution in [3.63, 3.8) is 0 Å². The predicted molar refractivity (Wildman–Crippen MR) is 75.7 cm³/mol. The van der Waals surface area contributed by atoms with E-state index in [1.54, 1.807) is 18.3 Å². The number of aromatic nitrogens is 1. The van der Waals surface area contributed by atoms with Gasteiger partial charge in [-0.3, -0.25) is 4.79 Å². The van der Waals surface area contributed by atoms with Crippen molar-refractivity contribution in [2.24, 2.45) is 5.73 Å². The molecule has 1 amide bonds. The summed E-state index contributed by atoms with van der Waals surface area (Å²) < 4.78 is 0. The number of amides is 1. The summed E-state index contributed by atoms with van der Waals surface area (Å²) in [4.78, 5) is 17.4. The van der Waals surface area contributed by atoms with Crippen molar-refractivity contribution in [3.05, 3.63) is 53.7 Å². The van der Waals surface area contributed by atoms with E-state index < -0.39 is 5.91 Å². The van der Waals surface area contributed by atoms with Crippen LogP contribution >= 0.6 is 0 Å². The van der Waals surface area contributed by atoms with Gasteiger partial charge >= 0.3 is 0 Å². The number of rotatable bonds is 4. The van der Waals surface area contributed by atoms with E-state index in [0.29, 0.717) is 23.6 Å². The van der Waals surface area contributed by atoms with Crippen LogP contribution in [0.4, 0.5) is 11.5 Å². The number of carbonyl (C=O) groups is 1. The molecule has 1 aromatic heterocycles. The topological polar surface area (TPSA) is 85.2 Å². The van der Waals surface area contributed by atoms with Gasteiger partial charge in [0.15, 0.2) is 0 Å². The van der Waals surface area contributed by atoms with Crippen LogP contribution in [-0.4, -0.2) is 17.9 Å². The highest BCUT2D eigenvalue weighted by Gasteiger charge is 2.13. The zero-order valence-electron chi connectivity index (χ0n) is 10.7. The van der Waals surface area contributed by atoms with Gasteiger partial charge in [0.25, 0.3) is 5.91 Å². The lowest BCUT2D eigenvalue weighted by Crippen LogP contribution is -2.23. The van der Waals surface area contributed by atoms with Gasteiger partial charge in [0, 0.05) is 25.5 Å². The van der Waals surface area contributed by atoms with Crippen LogP contribution in [0.15, 0.2) is 42.6 Å². The Hall–Kier alpha value is -2.56. The van der Waals surface area contributed by atoms with Crippen molar-refractivity contribution < 1.29 is 4.79 Å². The standard InChI is InChI=1S/C14H16N4O/c1-18(9-10-5-2-3-7-12(10)15)14-11(13(16)19)6-4-8-17-14/h2-8H,9,15H2,1H3,(H2,16,19). The van der Waals surface area contributed by atoms with Crippen LogP contribution in [0.3, 0.4) is 0 Å². The first-order valence-corrected chi connectivity index (χ1v) is 5.89. The van der Waals surface area contributed by atoms with E-state index in [4.69, 9.17) is 11.5 Å². The van der Waals surface area contributed by atoms with Crippen LogP contribution in [0.2, 0.25) is 0 Å². The molecule has 2 aromatic rings. The number of nitrogens with two attached hydrogens (primary N) is 2. The molecule has 0 unspecified atom stereocenters. The summed E-state index contributed by atoms with van der Waals surface area (Å²) >= 11 is 0. The van der Waals surface area contributed by atoms with E-state index >= 15 is 0 Å². The van der Waals surface area contributed by atoms with Gasteiger partial charge in [-0.1, -0.05) is 18.2 Å². The lowest BCUT2D eigenvalue weighted by molar-refractivity contribution is 0.100. The molecule has 0 aliphatic carbocycles. The summed E-state index contributed by atoms with van der Waals surface area (Å²) in [5, 5.41) is 0. The molecule has 0 bridgehead atoms. The highest BCUT2D eigenvalue weighted by Crippen LogP contribution is 2.19. The smallest absolute Gasteiger partial charge is 0.252 e. The van der Waals surface area contributed by atoms with Gasteiger partial charge in [-0.05, 0) is 23.8 Å². The van der Waals surface area contributed by atoms with Gasteiger partial charge in [-0.2, -0.15) is 0 Å². The molecular formula is C14H16N4O. The fourth-order valence-electron chi connectivity index (χ4n) is 1.90. The van der Waals surface area contributed by atoms with Crippen molar-refractivity contribution in [3.8, 4) is 0 Å². The summed E-state index contributed by atoms with van der Waals surface area (Å²) in [6.07, 6.45) is 1.63. The number of nitrogen functional groups attached to an aromatic ring is 1. The molecule has 0 aliphatic rings. The minimum atomic E-state index is -0.490. The molecule has 5 heteroatoms. The Morgan fingerprint density at radius 3 is 2.68 bits per heavy atom. The Balaban J connectivity index is 2.28. The summed E-state index contributed by atoms with van der Waals surface area (Å²) in [5.74, 6) is 0.0641. The molecule has 0 saturated heterocycles. The molecule has 19 heavy (non-hydrogen) atoms. The number of primary amides is 1. The highest BCUT2D eigenvalue weighted by molar-refractivity contribution is 5.97. The molecule has 0 aliphatic heterocycles. The fourth-order valence-corrected chi connectivity index (χ4v) is 1.90. The molecule has 0 fully saturated rings. The average molecular weight is 256 g/mol. The number of anilines is 2. The number of hydrogen-bond donors (Lipinski definition) is 2. The molecule has 0 saturated carbocycles. The molecule has 0 radical (unpaired) electrons. The zero-order chi connectivity index (χ0) is 13.8. The van der Waals surface area contributed by atoms with E-state index in [2.05, 4.69) is 4.98 Å². The van der Waals surface area contributed by atoms with Crippen LogP contribution in [0.25, 0.3) is 0 Å². The summed E-state index contributed by atoms with van der Waals surface area (Å²) in [6, 6.07) is 10.9. The largest absolute Gasteiger partial charge is 0.398 e. The van der Waals surface area contributed by atoms with Crippen molar-refractivity contribution in [2.45, 2.75) is 6.54 Å². The SMILES string of the molecule is CN(Cc1ccccc1N)c1ncccc1C(N)=O. The predicted octanol–water partition coefficient (Wildman–Crippen LogP) is 1.40. The van der Waals surface area contributed by atoms with E-state index in [1.165, 1.54) is 0 Å². The maximum absolute atomic E-state index is 11.4. The first-order chi connectivity index (χ1) is 9.09. The van der Waals surface area contributed by atoms with Gasteiger partial charge in [-0.25, -0.2) is 4.98 Å². The number of hydrogen-bond acceptors (Lipinski definition) is 4. The number of nitrogens with zero attached hydrogens (tertiary/aromatic N) is 2. The van der Waals surface area contributed by atoms with Gasteiger partial charge in [0.2, 0.25) is 0 Å². The second-order valence-corrected chi connectivity index (χ2v) is 4.29. The third-order valence-electron chi connectivity index (χ3n) is 2.88. The van der Waals surface area contributed by atoms with Crippen LogP contribution in [0.5, 0.6) is 0 Å². The fraction of sp³-hybridized carbons (Fsp3) is 0.143. The normalized spacial score (nSPS) is 10.2. The first kappa shape index (κ1) is 12.9. The lowest BCUT2D eigenvalue weighted by Gasteiger charge is -2.20. The van der Waals surface area contributed by atoms with E-state index in [9.17, 15) is 4.79 Å². The molecule has 0 spiro atoms. The van der Waals surface area contributed by atoms with E-state index in [1.807, 2.05) is 36.2 Å². The maximum Gasteiger partial charge on any atom is 0.252 e. The summed E-state index contributed by atoms with van der Waals surface area (Å²) in [6.45, 7) is 0.559. The maximum atomic E-state index is 11.4. The van der Waals surface area contributed by atoms with E-state index in [0.717, 1.165) is 5.56 Å². The lowest BCUT2D eigenvalue weighted by atomic mass is 10.1. The van der Waals surface area contributed by atoms with Crippen molar-refractivity contribution in [2.75, 3.05) is 17.7 Å². The van der Waals surface area contributed by atoms with Crippen molar-refractivity contribution in [1.29, 1.82) is 0 Å². The van der Waals surface area contributed by atoms with Gasteiger partial charge in [-0.15, -0.1) is 0 Å². The van der Waals surface area contributed by atoms with Gasteiger partial charge in [0.05, 0.1) is 5.56 Å². The molecule has 1 heterocycles. The number of para-hydroxylation sites is 1. The first-order valence-electron chi connectivity index (χ1n) is 5.89. The summed E-state index contributed by atoms with van der Waals surface area (Å²) in [7, 11) is 1.85. The second-order valence-electron chi connectivity index (χ2n) is 4.29. The van der Waals surface area contributed by atoms with Crippen molar-refractivity contribution >= 4 is 17.4 Å². The molecular weight excluding hydrogens is 240 g/mol. The van der Waals surface area contributed by atoms with Crippen LogP contribution in [-0.2, 0) is 6.54 Å². The number of benzene rings is 1. The zero-order valence-corrected chi connectivity index (χ0v) is 10.7. The van der Waals surface area contributed by atoms with Crippen molar-refractivity contribution in [1.82, 2.24) is 4.98 Å². The molecule has 98 valence electrons. The molecule has 1 aromatic carbocycles. The number of carbonyl (C=O) groups excluding carboxylic acids is 1. The molecule has 4 N–H and O–H groups in total. The average Bonchev–Trinajstić information content (AvgIpc) is 2.41. The highest BCUT2D eigenvalue weighted by atomic mass is 16.1. The Labute approximate surface area is 111 Å². The van der Waals surface area contributed by atoms with E-state index in [-0.39, 0.29) is 0 Å². The van der Waals surface area contributed by atoms with Crippen LogP contribution in [0.1, 0.15) is 15.9 Å². The second kappa shape index (κ2) is 5.39. The number of pyridine rings is 1. The quantitative estimate of drug-likeness (QED) is 0.810. The third kappa shape index (κ3) is 2.82. The Morgan fingerprint density at radius 1 is 1.26 bits per heavy atom. The minimum Gasteiger partial charge on any atom is -0.398 e. The van der Waals surface area contributed by atoms with Gasteiger partial charge < -0.3 is 16.4 Å². The third-order valence-corrected chi connectivity index (χ3v) is 2.88. The van der Waals surface area contributed by atoms with Crippen LogP contribution < -0.4 is 16.4 Å². The monoisotopic (exact) mass is 256 g/mol. The Bertz CT molecular complexity index is 598. The Kier molecular flexibility index (Phi) is 3.66.